The summed E-state index contributed by atoms with van der Waals surface area (Å²) in [6, 6.07) is 2.60. The number of likely N-dealkylation sites (tertiary alicyclic amines) is 1. The zero-order chi connectivity index (χ0) is 18.3. The van der Waals surface area contributed by atoms with Gasteiger partial charge in [-0.25, -0.2) is 0 Å². The van der Waals surface area contributed by atoms with Crippen LogP contribution in [0.4, 0.5) is 0 Å². The van der Waals surface area contributed by atoms with Gasteiger partial charge in [0.05, 0.1) is 16.7 Å². The van der Waals surface area contributed by atoms with Crippen molar-refractivity contribution in [2.24, 2.45) is 23.5 Å². The van der Waals surface area contributed by atoms with Crippen LogP contribution >= 0.6 is 23.2 Å². The van der Waals surface area contributed by atoms with Gasteiger partial charge in [-0.05, 0) is 36.7 Å². The fraction of sp³-hybridized carbons (Fsp3) is 0.588. The van der Waals surface area contributed by atoms with Crippen LogP contribution in [0.1, 0.15) is 24.4 Å². The summed E-state index contributed by atoms with van der Waals surface area (Å²) in [7, 11) is 0. The predicted octanol–water partition coefficient (Wildman–Crippen LogP) is 1.54. The molecule has 0 aromatic heterocycles. The number of aliphatic hydroxyl groups excluding tert-OH is 2. The van der Waals surface area contributed by atoms with Crippen molar-refractivity contribution in [2.45, 2.75) is 25.0 Å². The zero-order valence-corrected chi connectivity index (χ0v) is 15.1. The number of amides is 1. The van der Waals surface area contributed by atoms with Crippen LogP contribution in [-0.2, 0) is 4.79 Å². The molecule has 4 atom stereocenters. The van der Waals surface area contributed by atoms with Crippen molar-refractivity contribution in [3.05, 3.63) is 27.7 Å². The Kier molecular flexibility index (Phi) is 5.46. The van der Waals surface area contributed by atoms with Crippen LogP contribution in [0.2, 0.25) is 10.0 Å². The second-order valence-corrected chi connectivity index (χ2v) is 7.78. The number of aromatic hydroxyl groups is 1. The summed E-state index contributed by atoms with van der Waals surface area (Å²) in [5, 5.41) is 29.4. The Morgan fingerprint density at radius 3 is 2.36 bits per heavy atom. The number of fused-ring (bicyclic) bond motifs is 2. The van der Waals surface area contributed by atoms with E-state index in [-0.39, 0.29) is 28.5 Å². The lowest BCUT2D eigenvalue weighted by Gasteiger charge is -2.41. The fourth-order valence-corrected chi connectivity index (χ4v) is 4.68. The van der Waals surface area contributed by atoms with E-state index >= 15 is 0 Å². The van der Waals surface area contributed by atoms with E-state index in [0.717, 1.165) is 12.8 Å². The minimum absolute atomic E-state index is 0.0236. The number of halogens is 2. The van der Waals surface area contributed by atoms with Gasteiger partial charge in [-0.1, -0.05) is 23.2 Å². The topological polar surface area (TPSA) is 107 Å². The molecule has 0 spiro atoms. The first-order valence-electron chi connectivity index (χ1n) is 8.34. The number of hydrogen-bond acceptors (Lipinski definition) is 5. The highest BCUT2D eigenvalue weighted by molar-refractivity contribution is 6.42. The number of benzene rings is 1. The molecule has 1 aromatic rings. The molecule has 5 N–H and O–H groups in total. The maximum Gasteiger partial charge on any atom is 0.253 e. The number of nitrogens with two attached hydrogens (primary N) is 1. The lowest BCUT2D eigenvalue weighted by molar-refractivity contribution is -0.145. The zero-order valence-electron chi connectivity index (χ0n) is 13.6. The highest BCUT2D eigenvalue weighted by Crippen LogP contribution is 2.49. The Hall–Kier alpha value is -1.05. The molecule has 1 aliphatic heterocycles. The summed E-state index contributed by atoms with van der Waals surface area (Å²) in [6.07, 6.45) is 0.498. The second kappa shape index (κ2) is 7.29. The predicted molar refractivity (Wildman–Crippen MR) is 94.4 cm³/mol. The molecular formula is C17H22Cl2N2O4. The summed E-state index contributed by atoms with van der Waals surface area (Å²) in [6.45, 7) is 0.407. The summed E-state index contributed by atoms with van der Waals surface area (Å²) < 4.78 is 0. The van der Waals surface area contributed by atoms with Crippen molar-refractivity contribution >= 4 is 29.1 Å². The Morgan fingerprint density at radius 1 is 1.24 bits per heavy atom. The molecule has 1 aromatic carbocycles. The van der Waals surface area contributed by atoms with Gasteiger partial charge in [-0.2, -0.15) is 0 Å². The lowest BCUT2D eigenvalue weighted by atomic mass is 9.77. The average molecular weight is 389 g/mol. The van der Waals surface area contributed by atoms with E-state index in [1.807, 2.05) is 0 Å². The van der Waals surface area contributed by atoms with Crippen LogP contribution in [-0.4, -0.2) is 51.9 Å². The monoisotopic (exact) mass is 388 g/mol. The molecule has 1 amide bonds. The Morgan fingerprint density at radius 2 is 1.80 bits per heavy atom. The van der Waals surface area contributed by atoms with Gasteiger partial charge in [0, 0.05) is 30.8 Å². The van der Waals surface area contributed by atoms with E-state index in [1.54, 1.807) is 11.0 Å². The molecule has 1 aliphatic carbocycles. The number of phenols is 1. The minimum atomic E-state index is -1.37. The van der Waals surface area contributed by atoms with Gasteiger partial charge in [-0.15, -0.1) is 0 Å². The molecular weight excluding hydrogens is 367 g/mol. The van der Waals surface area contributed by atoms with Crippen molar-refractivity contribution < 1.29 is 20.1 Å². The highest BCUT2D eigenvalue weighted by Gasteiger charge is 2.47. The second-order valence-electron chi connectivity index (χ2n) is 6.97. The first kappa shape index (κ1) is 18.7. The highest BCUT2D eigenvalue weighted by atomic mass is 35.5. The van der Waals surface area contributed by atoms with Crippen molar-refractivity contribution in [3.8, 4) is 5.75 Å². The summed E-state index contributed by atoms with van der Waals surface area (Å²) in [4.78, 5) is 13.8. The molecule has 3 rings (SSSR count). The summed E-state index contributed by atoms with van der Waals surface area (Å²) in [5.41, 5.74) is 7.02. The molecule has 2 bridgehead atoms. The summed E-state index contributed by atoms with van der Waals surface area (Å²) >= 11 is 12.0. The fourth-order valence-electron chi connectivity index (χ4n) is 4.35. The molecule has 4 unspecified atom stereocenters. The van der Waals surface area contributed by atoms with Crippen LogP contribution in [0.15, 0.2) is 12.1 Å². The van der Waals surface area contributed by atoms with E-state index in [9.17, 15) is 15.0 Å². The number of aliphatic hydroxyl groups is 2. The van der Waals surface area contributed by atoms with Gasteiger partial charge in [-0.3, -0.25) is 4.79 Å². The van der Waals surface area contributed by atoms with Crippen LogP contribution in [0.5, 0.6) is 5.75 Å². The van der Waals surface area contributed by atoms with E-state index in [4.69, 9.17) is 34.0 Å². The average Bonchev–Trinajstić information content (AvgIpc) is 2.85. The smallest absolute Gasteiger partial charge is 0.253 e. The number of hydrogen-bond donors (Lipinski definition) is 4. The third kappa shape index (κ3) is 3.46. The lowest BCUT2D eigenvalue weighted by Crippen LogP contribution is -2.51. The SMILES string of the molecule is NC(c1cc(Cl)c(Cl)cc1O)C1C2CCC1CN(C(=O)C(O)CO)C2. The van der Waals surface area contributed by atoms with E-state index in [2.05, 4.69) is 0 Å². The molecule has 1 saturated carbocycles. The number of carbonyl (C=O) groups is 1. The number of carbonyl (C=O) groups excluding carboxylic acids is 1. The third-order valence-corrected chi connectivity index (χ3v) is 6.24. The first-order chi connectivity index (χ1) is 11.8. The van der Waals surface area contributed by atoms with Gasteiger partial charge in [0.1, 0.15) is 5.75 Å². The number of piperidine rings is 1. The van der Waals surface area contributed by atoms with Gasteiger partial charge in [0.15, 0.2) is 6.10 Å². The standard InChI is InChI=1S/C17H22Cl2N2O4/c18-11-3-10(13(23)4-12(11)19)16(20)15-8-1-2-9(15)6-21(5-8)17(25)14(24)7-22/h3-4,8-9,14-16,22-24H,1-2,5-7,20H2. The maximum atomic E-state index is 12.1. The van der Waals surface area contributed by atoms with Crippen molar-refractivity contribution in [1.82, 2.24) is 4.90 Å². The molecule has 1 saturated heterocycles. The van der Waals surface area contributed by atoms with Crippen LogP contribution in [0.25, 0.3) is 0 Å². The largest absolute Gasteiger partial charge is 0.508 e. The Labute approximate surface area is 156 Å². The molecule has 138 valence electrons. The number of phenolic OH excluding ortho intramolecular Hbond substituents is 1. The molecule has 2 aliphatic rings. The minimum Gasteiger partial charge on any atom is -0.508 e. The van der Waals surface area contributed by atoms with Crippen molar-refractivity contribution in [2.75, 3.05) is 19.7 Å². The summed E-state index contributed by atoms with van der Waals surface area (Å²) in [5.74, 6) is 0.0488. The van der Waals surface area contributed by atoms with E-state index < -0.39 is 24.7 Å². The molecule has 25 heavy (non-hydrogen) atoms. The van der Waals surface area contributed by atoms with E-state index in [1.165, 1.54) is 6.07 Å². The van der Waals surface area contributed by atoms with Crippen LogP contribution < -0.4 is 5.73 Å². The van der Waals surface area contributed by atoms with Gasteiger partial charge < -0.3 is 26.0 Å². The number of nitrogens with zero attached hydrogens (tertiary/aromatic N) is 1. The Balaban J connectivity index is 1.79. The van der Waals surface area contributed by atoms with E-state index in [0.29, 0.717) is 23.7 Å². The molecule has 6 nitrogen and oxygen atoms in total. The van der Waals surface area contributed by atoms with Crippen molar-refractivity contribution in [1.29, 1.82) is 0 Å². The first-order valence-corrected chi connectivity index (χ1v) is 9.10. The third-order valence-electron chi connectivity index (χ3n) is 5.52. The normalized spacial score (nSPS) is 28.0. The maximum absolute atomic E-state index is 12.1. The quantitative estimate of drug-likeness (QED) is 0.625. The van der Waals surface area contributed by atoms with Crippen LogP contribution in [0.3, 0.4) is 0 Å². The molecule has 1 heterocycles. The molecule has 8 heteroatoms. The number of rotatable bonds is 4. The van der Waals surface area contributed by atoms with Gasteiger partial charge >= 0.3 is 0 Å². The molecule has 0 radical (unpaired) electrons. The van der Waals surface area contributed by atoms with Gasteiger partial charge in [0.2, 0.25) is 0 Å². The van der Waals surface area contributed by atoms with Crippen molar-refractivity contribution in [3.63, 3.8) is 0 Å². The molecule has 2 fully saturated rings. The Bertz CT molecular complexity index is 658. The van der Waals surface area contributed by atoms with Gasteiger partial charge in [0.25, 0.3) is 5.91 Å². The van der Waals surface area contributed by atoms with Crippen LogP contribution in [0, 0.1) is 17.8 Å².